The molecule has 1 heterocycles. The van der Waals surface area contributed by atoms with Crippen LogP contribution in [-0.2, 0) is 0 Å². The Morgan fingerprint density at radius 2 is 2.06 bits per heavy atom. The van der Waals surface area contributed by atoms with Crippen molar-refractivity contribution in [2.24, 2.45) is 0 Å². The highest BCUT2D eigenvalue weighted by Crippen LogP contribution is 2.12. The summed E-state index contributed by atoms with van der Waals surface area (Å²) in [5.74, 6) is 0.348. The van der Waals surface area contributed by atoms with Gasteiger partial charge in [-0.2, -0.15) is 0 Å². The highest BCUT2D eigenvalue weighted by atomic mass is 16.1. The second-order valence-electron chi connectivity index (χ2n) is 3.58. The van der Waals surface area contributed by atoms with Crippen molar-refractivity contribution in [2.75, 3.05) is 5.32 Å². The van der Waals surface area contributed by atoms with E-state index in [1.54, 1.807) is 6.92 Å². The van der Waals surface area contributed by atoms with Gasteiger partial charge in [0.2, 0.25) is 5.95 Å². The van der Waals surface area contributed by atoms with E-state index in [2.05, 4.69) is 20.5 Å². The number of hydrogen-bond acceptors (Lipinski definition) is 4. The van der Waals surface area contributed by atoms with Crippen LogP contribution in [0.1, 0.15) is 11.3 Å². The fourth-order valence-electron chi connectivity index (χ4n) is 1.31. The molecular formula is C11H12N4O. The molecule has 0 radical (unpaired) electrons. The van der Waals surface area contributed by atoms with Crippen molar-refractivity contribution >= 4 is 11.6 Å². The maximum atomic E-state index is 11.3. The summed E-state index contributed by atoms with van der Waals surface area (Å²) in [6.07, 6.45) is 0. The average Bonchev–Trinajstić information content (AvgIpc) is 2.24. The molecule has 1 aromatic heterocycles. The average molecular weight is 216 g/mol. The molecule has 2 aromatic rings. The van der Waals surface area contributed by atoms with Crippen molar-refractivity contribution in [1.29, 1.82) is 0 Å². The second kappa shape index (κ2) is 4.14. The lowest BCUT2D eigenvalue weighted by Crippen LogP contribution is -2.15. The summed E-state index contributed by atoms with van der Waals surface area (Å²) in [6.45, 7) is 3.61. The summed E-state index contributed by atoms with van der Waals surface area (Å²) in [6, 6.07) is 7.78. The molecule has 5 heteroatoms. The van der Waals surface area contributed by atoms with E-state index in [1.807, 2.05) is 31.2 Å². The minimum absolute atomic E-state index is 0.231. The first kappa shape index (κ1) is 10.4. The molecule has 0 amide bonds. The third-order valence-corrected chi connectivity index (χ3v) is 2.14. The van der Waals surface area contributed by atoms with E-state index in [-0.39, 0.29) is 5.56 Å². The predicted octanol–water partition coefficient (Wildman–Crippen LogP) is 1.53. The van der Waals surface area contributed by atoms with Gasteiger partial charge in [0.05, 0.1) is 0 Å². The first-order valence-electron chi connectivity index (χ1n) is 4.92. The van der Waals surface area contributed by atoms with Crippen LogP contribution in [0.4, 0.5) is 11.6 Å². The van der Waals surface area contributed by atoms with Crippen molar-refractivity contribution in [1.82, 2.24) is 15.2 Å². The summed E-state index contributed by atoms with van der Waals surface area (Å²) < 4.78 is 0. The highest BCUT2D eigenvalue weighted by molar-refractivity contribution is 5.53. The molecule has 0 aliphatic rings. The molecule has 0 saturated carbocycles. The summed E-state index contributed by atoms with van der Waals surface area (Å²) in [4.78, 5) is 13.9. The van der Waals surface area contributed by atoms with Gasteiger partial charge in [-0.25, -0.2) is 0 Å². The standard InChI is InChI=1S/C11H12N4O/c1-7-4-3-5-9(6-7)12-11-13-10(16)8(2)14-15-11/h3-6H,1-2H3,(H2,12,13,15,16). The molecule has 0 bridgehead atoms. The molecule has 2 N–H and O–H groups in total. The maximum Gasteiger partial charge on any atom is 0.273 e. The molecule has 16 heavy (non-hydrogen) atoms. The lowest BCUT2D eigenvalue weighted by Gasteiger charge is -2.04. The summed E-state index contributed by atoms with van der Waals surface area (Å²) in [5, 5.41) is 10.6. The number of aromatic amines is 1. The van der Waals surface area contributed by atoms with E-state index in [9.17, 15) is 4.79 Å². The summed E-state index contributed by atoms with van der Waals surface area (Å²) in [7, 11) is 0. The number of nitrogens with zero attached hydrogens (tertiary/aromatic N) is 2. The number of H-pyrrole nitrogens is 1. The Hall–Kier alpha value is -2.17. The van der Waals surface area contributed by atoms with Crippen molar-refractivity contribution in [2.45, 2.75) is 13.8 Å². The number of benzene rings is 1. The van der Waals surface area contributed by atoms with Crippen LogP contribution in [0.3, 0.4) is 0 Å². The summed E-state index contributed by atoms with van der Waals surface area (Å²) >= 11 is 0. The quantitative estimate of drug-likeness (QED) is 0.798. The zero-order valence-corrected chi connectivity index (χ0v) is 9.11. The number of rotatable bonds is 2. The van der Waals surface area contributed by atoms with Gasteiger partial charge in [0.1, 0.15) is 5.69 Å². The first-order valence-corrected chi connectivity index (χ1v) is 4.92. The molecule has 0 spiro atoms. The second-order valence-corrected chi connectivity index (χ2v) is 3.58. The Morgan fingerprint density at radius 1 is 1.25 bits per heavy atom. The van der Waals surface area contributed by atoms with E-state index < -0.39 is 0 Å². The minimum atomic E-state index is -0.231. The van der Waals surface area contributed by atoms with Gasteiger partial charge in [0, 0.05) is 5.69 Å². The van der Waals surface area contributed by atoms with Gasteiger partial charge in [-0.1, -0.05) is 12.1 Å². The molecule has 0 aliphatic heterocycles. The molecule has 0 aliphatic carbocycles. The Kier molecular flexibility index (Phi) is 2.68. The van der Waals surface area contributed by atoms with Gasteiger partial charge in [-0.15, -0.1) is 10.2 Å². The maximum absolute atomic E-state index is 11.3. The molecule has 1 aromatic carbocycles. The topological polar surface area (TPSA) is 70.7 Å². The van der Waals surface area contributed by atoms with Gasteiger partial charge < -0.3 is 5.32 Å². The van der Waals surface area contributed by atoms with Gasteiger partial charge in [-0.3, -0.25) is 9.78 Å². The van der Waals surface area contributed by atoms with Gasteiger partial charge in [0.15, 0.2) is 0 Å². The molecule has 0 fully saturated rings. The van der Waals surface area contributed by atoms with Crippen molar-refractivity contribution in [3.8, 4) is 0 Å². The van der Waals surface area contributed by atoms with Crippen molar-refractivity contribution in [3.05, 3.63) is 45.9 Å². The van der Waals surface area contributed by atoms with E-state index in [1.165, 1.54) is 0 Å². The van der Waals surface area contributed by atoms with E-state index >= 15 is 0 Å². The fraction of sp³-hybridized carbons (Fsp3) is 0.182. The molecule has 0 unspecified atom stereocenters. The Balaban J connectivity index is 2.27. The monoisotopic (exact) mass is 216 g/mol. The number of aromatic nitrogens is 3. The van der Waals surface area contributed by atoms with Gasteiger partial charge in [0.25, 0.3) is 5.56 Å². The van der Waals surface area contributed by atoms with Crippen LogP contribution in [-0.4, -0.2) is 15.2 Å². The van der Waals surface area contributed by atoms with Crippen LogP contribution >= 0.6 is 0 Å². The van der Waals surface area contributed by atoms with Gasteiger partial charge >= 0.3 is 0 Å². The zero-order valence-electron chi connectivity index (χ0n) is 9.11. The number of hydrogen-bond donors (Lipinski definition) is 2. The van der Waals surface area contributed by atoms with Crippen LogP contribution in [0.5, 0.6) is 0 Å². The molecule has 82 valence electrons. The first-order chi connectivity index (χ1) is 7.65. The highest BCUT2D eigenvalue weighted by Gasteiger charge is 2.00. The Labute approximate surface area is 92.6 Å². The molecule has 0 saturated heterocycles. The van der Waals surface area contributed by atoms with Crippen LogP contribution in [0, 0.1) is 13.8 Å². The van der Waals surface area contributed by atoms with Crippen LogP contribution in [0.2, 0.25) is 0 Å². The number of nitrogens with one attached hydrogen (secondary N) is 2. The van der Waals surface area contributed by atoms with Crippen LogP contribution in [0.25, 0.3) is 0 Å². The smallest absolute Gasteiger partial charge is 0.273 e. The minimum Gasteiger partial charge on any atom is -0.324 e. The van der Waals surface area contributed by atoms with E-state index in [0.717, 1.165) is 11.3 Å². The van der Waals surface area contributed by atoms with Crippen LogP contribution < -0.4 is 10.9 Å². The SMILES string of the molecule is Cc1cccc(Nc2nnc(C)c(=O)[nH]2)c1. The number of anilines is 2. The molecule has 0 atom stereocenters. The Morgan fingerprint density at radius 3 is 2.75 bits per heavy atom. The lowest BCUT2D eigenvalue weighted by molar-refractivity contribution is 0.908. The van der Waals surface area contributed by atoms with E-state index in [4.69, 9.17) is 0 Å². The van der Waals surface area contributed by atoms with Crippen LogP contribution in [0.15, 0.2) is 29.1 Å². The van der Waals surface area contributed by atoms with Crippen molar-refractivity contribution in [3.63, 3.8) is 0 Å². The third kappa shape index (κ3) is 2.25. The van der Waals surface area contributed by atoms with Crippen molar-refractivity contribution < 1.29 is 0 Å². The zero-order chi connectivity index (χ0) is 11.5. The fourth-order valence-corrected chi connectivity index (χ4v) is 1.31. The largest absolute Gasteiger partial charge is 0.324 e. The predicted molar refractivity (Wildman–Crippen MR) is 61.9 cm³/mol. The number of aryl methyl sites for hydroxylation is 2. The van der Waals surface area contributed by atoms with Gasteiger partial charge in [-0.05, 0) is 31.5 Å². The molecule has 2 rings (SSSR count). The molecule has 5 nitrogen and oxygen atoms in total. The molecular weight excluding hydrogens is 204 g/mol. The Bertz CT molecular complexity index is 562. The summed E-state index contributed by atoms with van der Waals surface area (Å²) in [5.41, 5.74) is 2.13. The lowest BCUT2D eigenvalue weighted by atomic mass is 10.2. The van der Waals surface area contributed by atoms with E-state index in [0.29, 0.717) is 11.6 Å². The third-order valence-electron chi connectivity index (χ3n) is 2.14. The normalized spacial score (nSPS) is 10.1.